The molecule has 0 spiro atoms. The van der Waals surface area contributed by atoms with E-state index in [2.05, 4.69) is 5.32 Å². The number of hydrogen-bond donors (Lipinski definition) is 1. The van der Waals surface area contributed by atoms with Crippen LogP contribution < -0.4 is 9.62 Å². The van der Waals surface area contributed by atoms with Crippen molar-refractivity contribution in [2.24, 2.45) is 0 Å². The molecular formula is C24H25ClN2O3S. The number of sulfonamides is 1. The van der Waals surface area contributed by atoms with E-state index in [0.29, 0.717) is 22.8 Å². The van der Waals surface area contributed by atoms with Crippen LogP contribution in [-0.2, 0) is 14.8 Å². The zero-order chi connectivity index (χ0) is 22.4. The first kappa shape index (κ1) is 22.8. The maximum absolute atomic E-state index is 13.4. The van der Waals surface area contributed by atoms with Crippen LogP contribution in [0.3, 0.4) is 0 Å². The highest BCUT2D eigenvalue weighted by atomic mass is 35.5. The summed E-state index contributed by atoms with van der Waals surface area (Å²) in [5.74, 6) is -0.293. The maximum Gasteiger partial charge on any atom is 0.264 e. The third-order valence-electron chi connectivity index (χ3n) is 5.03. The standard InChI is InChI=1S/C24H25ClN2O3S/c1-18-13-14-21(25)15-23(18)27(31(29,30)22-11-7-4-8-12-22)17-24(28)26-16-19(2)20-9-5-3-6-10-20/h3-15,19H,16-17H2,1-2H3,(H,26,28)/t19-/m0/s1. The van der Waals surface area contributed by atoms with E-state index >= 15 is 0 Å². The van der Waals surface area contributed by atoms with Crippen molar-refractivity contribution in [1.29, 1.82) is 0 Å². The molecule has 0 aliphatic rings. The molecule has 0 aromatic heterocycles. The molecule has 0 bridgehead atoms. The summed E-state index contributed by atoms with van der Waals surface area (Å²) in [4.78, 5) is 12.9. The first-order valence-electron chi connectivity index (χ1n) is 9.94. The molecule has 1 atom stereocenters. The van der Waals surface area contributed by atoms with Crippen LogP contribution in [0.15, 0.2) is 83.8 Å². The van der Waals surface area contributed by atoms with Gasteiger partial charge in [0, 0.05) is 11.6 Å². The van der Waals surface area contributed by atoms with E-state index in [1.54, 1.807) is 43.3 Å². The van der Waals surface area contributed by atoms with Gasteiger partial charge >= 0.3 is 0 Å². The van der Waals surface area contributed by atoms with Crippen molar-refractivity contribution < 1.29 is 13.2 Å². The largest absolute Gasteiger partial charge is 0.354 e. The number of nitrogens with zero attached hydrogens (tertiary/aromatic N) is 1. The highest BCUT2D eigenvalue weighted by Crippen LogP contribution is 2.29. The Kier molecular flexibility index (Phi) is 7.36. The van der Waals surface area contributed by atoms with E-state index < -0.39 is 10.0 Å². The molecule has 3 rings (SSSR count). The fraction of sp³-hybridized carbons (Fsp3) is 0.208. The van der Waals surface area contributed by atoms with Crippen molar-refractivity contribution in [2.45, 2.75) is 24.7 Å². The van der Waals surface area contributed by atoms with Gasteiger partial charge in [0.15, 0.2) is 0 Å². The van der Waals surface area contributed by atoms with E-state index in [1.165, 1.54) is 12.1 Å². The molecule has 0 heterocycles. The van der Waals surface area contributed by atoms with Gasteiger partial charge in [0.25, 0.3) is 10.0 Å². The van der Waals surface area contributed by atoms with Crippen LogP contribution in [-0.4, -0.2) is 27.4 Å². The van der Waals surface area contributed by atoms with Crippen LogP contribution in [0.25, 0.3) is 0 Å². The minimum absolute atomic E-state index is 0.0947. The van der Waals surface area contributed by atoms with E-state index in [-0.39, 0.29) is 23.3 Å². The number of aryl methyl sites for hydroxylation is 1. The Morgan fingerprint density at radius 1 is 1.00 bits per heavy atom. The topological polar surface area (TPSA) is 66.5 Å². The van der Waals surface area contributed by atoms with Crippen molar-refractivity contribution in [2.75, 3.05) is 17.4 Å². The molecular weight excluding hydrogens is 432 g/mol. The Morgan fingerprint density at radius 2 is 1.61 bits per heavy atom. The highest BCUT2D eigenvalue weighted by molar-refractivity contribution is 7.92. The number of benzene rings is 3. The van der Waals surface area contributed by atoms with Gasteiger partial charge in [-0.25, -0.2) is 8.42 Å². The number of halogens is 1. The molecule has 3 aromatic rings. The first-order chi connectivity index (χ1) is 14.8. The molecule has 3 aromatic carbocycles. The summed E-state index contributed by atoms with van der Waals surface area (Å²) in [6.07, 6.45) is 0. The van der Waals surface area contributed by atoms with Gasteiger partial charge in [0.1, 0.15) is 6.54 Å². The first-order valence-corrected chi connectivity index (χ1v) is 11.8. The molecule has 5 nitrogen and oxygen atoms in total. The summed E-state index contributed by atoms with van der Waals surface area (Å²) >= 11 is 6.14. The fourth-order valence-corrected chi connectivity index (χ4v) is 4.89. The van der Waals surface area contributed by atoms with Crippen molar-refractivity contribution in [3.05, 3.63) is 95.0 Å². The lowest BCUT2D eigenvalue weighted by atomic mass is 10.0. The second kappa shape index (κ2) is 9.98. The van der Waals surface area contributed by atoms with Gasteiger partial charge in [-0.2, -0.15) is 0 Å². The molecule has 0 aliphatic heterocycles. The summed E-state index contributed by atoms with van der Waals surface area (Å²) in [6.45, 7) is 3.85. The van der Waals surface area contributed by atoms with Gasteiger partial charge in [-0.3, -0.25) is 9.10 Å². The van der Waals surface area contributed by atoms with Gasteiger partial charge in [0.05, 0.1) is 10.6 Å². The summed E-state index contributed by atoms with van der Waals surface area (Å²) in [5.41, 5.74) is 2.18. The van der Waals surface area contributed by atoms with Gasteiger partial charge < -0.3 is 5.32 Å². The summed E-state index contributed by atoms with van der Waals surface area (Å²) in [5, 5.41) is 3.26. The Labute approximate surface area is 188 Å². The number of anilines is 1. The van der Waals surface area contributed by atoms with Gasteiger partial charge in [-0.1, -0.05) is 73.1 Å². The Balaban J connectivity index is 1.85. The summed E-state index contributed by atoms with van der Waals surface area (Å²) in [6, 6.07) is 22.9. The van der Waals surface area contributed by atoms with E-state index in [1.807, 2.05) is 37.3 Å². The molecule has 0 saturated heterocycles. The number of carbonyl (C=O) groups excluding carboxylic acids is 1. The average molecular weight is 457 g/mol. The van der Waals surface area contributed by atoms with Crippen LogP contribution in [0, 0.1) is 6.92 Å². The van der Waals surface area contributed by atoms with Crippen LogP contribution in [0.4, 0.5) is 5.69 Å². The van der Waals surface area contributed by atoms with E-state index in [0.717, 1.165) is 9.87 Å². The van der Waals surface area contributed by atoms with Crippen molar-refractivity contribution in [1.82, 2.24) is 5.32 Å². The van der Waals surface area contributed by atoms with Gasteiger partial charge in [-0.05, 0) is 48.2 Å². The molecule has 162 valence electrons. The molecule has 1 N–H and O–H groups in total. The quantitative estimate of drug-likeness (QED) is 0.531. The van der Waals surface area contributed by atoms with E-state index in [4.69, 9.17) is 11.6 Å². The number of hydrogen-bond acceptors (Lipinski definition) is 3. The maximum atomic E-state index is 13.4. The third-order valence-corrected chi connectivity index (χ3v) is 7.04. The monoisotopic (exact) mass is 456 g/mol. The minimum atomic E-state index is -3.97. The molecule has 1 amide bonds. The molecule has 0 radical (unpaired) electrons. The van der Waals surface area contributed by atoms with Gasteiger partial charge in [-0.15, -0.1) is 0 Å². The Morgan fingerprint density at radius 3 is 2.26 bits per heavy atom. The Bertz CT molecular complexity index is 1140. The van der Waals surface area contributed by atoms with Crippen molar-refractivity contribution >= 4 is 33.2 Å². The van der Waals surface area contributed by atoms with Crippen LogP contribution in [0.5, 0.6) is 0 Å². The lowest BCUT2D eigenvalue weighted by Crippen LogP contribution is -2.42. The summed E-state index contributed by atoms with van der Waals surface area (Å²) in [7, 11) is -3.97. The molecule has 0 aliphatic carbocycles. The second-order valence-corrected chi connectivity index (χ2v) is 9.67. The Hall–Kier alpha value is -2.83. The highest BCUT2D eigenvalue weighted by Gasteiger charge is 2.28. The van der Waals surface area contributed by atoms with Crippen LogP contribution in [0.1, 0.15) is 24.0 Å². The third kappa shape index (κ3) is 5.66. The molecule has 31 heavy (non-hydrogen) atoms. The second-order valence-electron chi connectivity index (χ2n) is 7.37. The lowest BCUT2D eigenvalue weighted by Gasteiger charge is -2.26. The predicted octanol–water partition coefficient (Wildman–Crippen LogP) is 4.76. The normalized spacial score (nSPS) is 12.2. The lowest BCUT2D eigenvalue weighted by molar-refractivity contribution is -0.119. The minimum Gasteiger partial charge on any atom is -0.354 e. The molecule has 7 heteroatoms. The van der Waals surface area contributed by atoms with Crippen LogP contribution in [0.2, 0.25) is 5.02 Å². The zero-order valence-corrected chi connectivity index (χ0v) is 19.0. The van der Waals surface area contributed by atoms with E-state index in [9.17, 15) is 13.2 Å². The fourth-order valence-electron chi connectivity index (χ4n) is 3.22. The SMILES string of the molecule is Cc1ccc(Cl)cc1N(CC(=O)NC[C@H](C)c1ccccc1)S(=O)(=O)c1ccccc1. The smallest absolute Gasteiger partial charge is 0.264 e. The number of amides is 1. The summed E-state index contributed by atoms with van der Waals surface area (Å²) < 4.78 is 27.9. The van der Waals surface area contributed by atoms with Crippen molar-refractivity contribution in [3.8, 4) is 0 Å². The van der Waals surface area contributed by atoms with Gasteiger partial charge in [0.2, 0.25) is 5.91 Å². The molecule has 0 unspecified atom stereocenters. The van der Waals surface area contributed by atoms with Crippen LogP contribution >= 0.6 is 11.6 Å². The predicted molar refractivity (Wildman–Crippen MR) is 125 cm³/mol. The number of rotatable bonds is 8. The molecule has 0 fully saturated rings. The molecule has 0 saturated carbocycles. The average Bonchev–Trinajstić information content (AvgIpc) is 2.78. The number of carbonyl (C=O) groups is 1. The number of nitrogens with one attached hydrogen (secondary N) is 1. The van der Waals surface area contributed by atoms with Crippen molar-refractivity contribution in [3.63, 3.8) is 0 Å². The zero-order valence-electron chi connectivity index (χ0n) is 17.5.